The van der Waals surface area contributed by atoms with Gasteiger partial charge in [-0.05, 0) is 35.4 Å². The molecule has 0 aliphatic carbocycles. The number of benzene rings is 2. The normalized spacial score (nSPS) is 10.9. The summed E-state index contributed by atoms with van der Waals surface area (Å²) in [6.45, 7) is 0. The van der Waals surface area contributed by atoms with Gasteiger partial charge in [-0.15, -0.1) is 0 Å². The average Bonchev–Trinajstić information content (AvgIpc) is 3.16. The molecule has 1 N–H and O–H groups in total. The van der Waals surface area contributed by atoms with Crippen LogP contribution in [0.1, 0.15) is 21.5 Å². The molecule has 0 amide bonds. The number of carbonyl (C=O) groups excluding carboxylic acids is 1. The number of carbonyl (C=O) groups is 1. The number of rotatable bonds is 5. The van der Waals surface area contributed by atoms with Crippen LogP contribution in [0.3, 0.4) is 0 Å². The maximum absolute atomic E-state index is 11.0. The van der Waals surface area contributed by atoms with Crippen molar-refractivity contribution in [1.82, 2.24) is 14.8 Å². The lowest BCUT2D eigenvalue weighted by molar-refractivity contribution is 0.112. The Morgan fingerprint density at radius 2 is 1.88 bits per heavy atom. The average molecular weight is 321 g/mol. The molecule has 0 aliphatic rings. The number of phenolic OH excluding ortho intramolecular Hbond substituents is 1. The number of ether oxygens (including phenoxy) is 1. The molecule has 0 atom stereocenters. The molecule has 0 saturated heterocycles. The SMILES string of the molecule is COc1cc(/C=C/c2ccc(-n3cncn3)cc2)cc(C=O)c1O. The van der Waals surface area contributed by atoms with Gasteiger partial charge >= 0.3 is 0 Å². The van der Waals surface area contributed by atoms with Crippen LogP contribution in [0.4, 0.5) is 0 Å². The second-order valence-corrected chi connectivity index (χ2v) is 5.04. The van der Waals surface area contributed by atoms with Crippen molar-refractivity contribution in [2.75, 3.05) is 7.11 Å². The monoisotopic (exact) mass is 321 g/mol. The molecule has 24 heavy (non-hydrogen) atoms. The van der Waals surface area contributed by atoms with Crippen molar-refractivity contribution in [3.05, 3.63) is 65.7 Å². The van der Waals surface area contributed by atoms with E-state index in [-0.39, 0.29) is 17.1 Å². The zero-order valence-corrected chi connectivity index (χ0v) is 13.0. The minimum atomic E-state index is -0.151. The molecule has 6 nitrogen and oxygen atoms in total. The fourth-order valence-corrected chi connectivity index (χ4v) is 2.27. The molecule has 1 aromatic heterocycles. The minimum Gasteiger partial charge on any atom is -0.504 e. The highest BCUT2D eigenvalue weighted by atomic mass is 16.5. The van der Waals surface area contributed by atoms with Crippen molar-refractivity contribution < 1.29 is 14.6 Å². The van der Waals surface area contributed by atoms with Gasteiger partial charge in [-0.3, -0.25) is 4.79 Å². The molecule has 0 bridgehead atoms. The third kappa shape index (κ3) is 3.17. The van der Waals surface area contributed by atoms with Gasteiger partial charge in [-0.1, -0.05) is 24.3 Å². The number of aldehydes is 1. The van der Waals surface area contributed by atoms with E-state index in [1.807, 2.05) is 36.4 Å². The first-order chi connectivity index (χ1) is 11.7. The second-order valence-electron chi connectivity index (χ2n) is 5.04. The number of phenols is 1. The molecular weight excluding hydrogens is 306 g/mol. The van der Waals surface area contributed by atoms with Crippen LogP contribution < -0.4 is 4.74 Å². The van der Waals surface area contributed by atoms with E-state index >= 15 is 0 Å². The van der Waals surface area contributed by atoms with Crippen LogP contribution in [0.2, 0.25) is 0 Å². The lowest BCUT2D eigenvalue weighted by Crippen LogP contribution is -1.93. The van der Waals surface area contributed by atoms with Gasteiger partial charge in [-0.2, -0.15) is 5.10 Å². The number of aromatic hydroxyl groups is 1. The third-order valence-electron chi connectivity index (χ3n) is 3.52. The number of hydrogen-bond acceptors (Lipinski definition) is 5. The maximum Gasteiger partial charge on any atom is 0.168 e. The van der Waals surface area contributed by atoms with Gasteiger partial charge < -0.3 is 9.84 Å². The van der Waals surface area contributed by atoms with E-state index in [1.54, 1.807) is 23.1 Å². The molecule has 0 radical (unpaired) electrons. The molecular formula is C18H15N3O3. The van der Waals surface area contributed by atoms with E-state index in [0.29, 0.717) is 6.29 Å². The first-order valence-corrected chi connectivity index (χ1v) is 7.20. The second kappa shape index (κ2) is 6.78. The summed E-state index contributed by atoms with van der Waals surface area (Å²) in [5, 5.41) is 13.9. The first-order valence-electron chi connectivity index (χ1n) is 7.20. The van der Waals surface area contributed by atoms with Crippen molar-refractivity contribution >= 4 is 18.4 Å². The van der Waals surface area contributed by atoms with Crippen LogP contribution in [0.15, 0.2) is 49.1 Å². The summed E-state index contributed by atoms with van der Waals surface area (Å²) in [4.78, 5) is 14.9. The number of methoxy groups -OCH3 is 1. The van der Waals surface area contributed by atoms with E-state index in [1.165, 1.54) is 13.4 Å². The Bertz CT molecular complexity index is 869. The Kier molecular flexibility index (Phi) is 4.38. The lowest BCUT2D eigenvalue weighted by atomic mass is 10.1. The van der Waals surface area contributed by atoms with Crippen LogP contribution >= 0.6 is 0 Å². The summed E-state index contributed by atoms with van der Waals surface area (Å²) in [5.41, 5.74) is 2.85. The summed E-state index contributed by atoms with van der Waals surface area (Å²) >= 11 is 0. The summed E-state index contributed by atoms with van der Waals surface area (Å²) < 4.78 is 6.75. The molecule has 0 fully saturated rings. The number of hydrogen-bond donors (Lipinski definition) is 1. The highest BCUT2D eigenvalue weighted by molar-refractivity contribution is 5.84. The predicted octanol–water partition coefficient (Wildman–Crippen LogP) is 2.96. The van der Waals surface area contributed by atoms with Crippen molar-refractivity contribution in [2.45, 2.75) is 0 Å². The molecule has 0 saturated carbocycles. The summed E-state index contributed by atoms with van der Waals surface area (Å²) in [6.07, 6.45) is 7.47. The van der Waals surface area contributed by atoms with Crippen LogP contribution in [0.5, 0.6) is 11.5 Å². The molecule has 6 heteroatoms. The molecule has 3 aromatic rings. The van der Waals surface area contributed by atoms with Gasteiger partial charge in [0.1, 0.15) is 12.7 Å². The van der Waals surface area contributed by atoms with E-state index in [4.69, 9.17) is 4.74 Å². The molecule has 2 aromatic carbocycles. The standard InChI is InChI=1S/C18H15N3O3/c1-24-17-9-14(8-15(10-22)18(17)23)3-2-13-4-6-16(7-5-13)21-12-19-11-20-21/h2-12,23H,1H3/b3-2+. The van der Waals surface area contributed by atoms with Crippen molar-refractivity contribution in [1.29, 1.82) is 0 Å². The topological polar surface area (TPSA) is 77.2 Å². The Morgan fingerprint density at radius 3 is 2.50 bits per heavy atom. The van der Waals surface area contributed by atoms with E-state index in [9.17, 15) is 9.90 Å². The fraction of sp³-hybridized carbons (Fsp3) is 0.0556. The maximum atomic E-state index is 11.0. The lowest BCUT2D eigenvalue weighted by Gasteiger charge is -2.07. The Balaban J connectivity index is 1.84. The summed E-state index contributed by atoms with van der Waals surface area (Å²) in [6, 6.07) is 11.0. The quantitative estimate of drug-likeness (QED) is 0.577. The van der Waals surface area contributed by atoms with Crippen molar-refractivity contribution in [3.63, 3.8) is 0 Å². The van der Waals surface area contributed by atoms with Gasteiger partial charge in [0.25, 0.3) is 0 Å². The van der Waals surface area contributed by atoms with Crippen molar-refractivity contribution in [3.8, 4) is 17.2 Å². The highest BCUT2D eigenvalue weighted by Gasteiger charge is 2.08. The molecule has 0 unspecified atom stereocenters. The van der Waals surface area contributed by atoms with E-state index in [0.717, 1.165) is 16.8 Å². The van der Waals surface area contributed by atoms with Crippen LogP contribution in [-0.2, 0) is 0 Å². The zero-order chi connectivity index (χ0) is 16.9. The van der Waals surface area contributed by atoms with Gasteiger partial charge in [-0.25, -0.2) is 9.67 Å². The summed E-state index contributed by atoms with van der Waals surface area (Å²) in [7, 11) is 1.44. The van der Waals surface area contributed by atoms with E-state index < -0.39 is 0 Å². The number of aromatic nitrogens is 3. The highest BCUT2D eigenvalue weighted by Crippen LogP contribution is 2.31. The summed E-state index contributed by atoms with van der Waals surface area (Å²) in [5.74, 6) is 0.114. The van der Waals surface area contributed by atoms with Crippen LogP contribution in [0.25, 0.3) is 17.8 Å². The number of nitrogens with zero attached hydrogens (tertiary/aromatic N) is 3. The Labute approximate surface area is 138 Å². The molecule has 0 aliphatic heterocycles. The third-order valence-corrected chi connectivity index (χ3v) is 3.52. The van der Waals surface area contributed by atoms with Gasteiger partial charge in [0, 0.05) is 0 Å². The predicted molar refractivity (Wildman–Crippen MR) is 90.3 cm³/mol. The largest absolute Gasteiger partial charge is 0.504 e. The zero-order valence-electron chi connectivity index (χ0n) is 13.0. The smallest absolute Gasteiger partial charge is 0.168 e. The van der Waals surface area contributed by atoms with Gasteiger partial charge in [0.2, 0.25) is 0 Å². The van der Waals surface area contributed by atoms with Crippen LogP contribution in [-0.4, -0.2) is 33.3 Å². The first kappa shape index (κ1) is 15.5. The van der Waals surface area contributed by atoms with Gasteiger partial charge in [0.15, 0.2) is 17.8 Å². The Morgan fingerprint density at radius 1 is 1.12 bits per heavy atom. The molecule has 120 valence electrons. The Hall–Kier alpha value is -3.41. The molecule has 3 rings (SSSR count). The van der Waals surface area contributed by atoms with Gasteiger partial charge in [0.05, 0.1) is 18.4 Å². The van der Waals surface area contributed by atoms with Crippen LogP contribution in [0, 0.1) is 0 Å². The van der Waals surface area contributed by atoms with E-state index in [2.05, 4.69) is 10.1 Å². The fourth-order valence-electron chi connectivity index (χ4n) is 2.27. The minimum absolute atomic E-state index is 0.151. The molecule has 1 heterocycles. The molecule has 0 spiro atoms. The van der Waals surface area contributed by atoms with Crippen molar-refractivity contribution in [2.24, 2.45) is 0 Å².